The molecule has 1 aliphatic rings. The predicted molar refractivity (Wildman–Crippen MR) is 74.0 cm³/mol. The Morgan fingerprint density at radius 1 is 1.28 bits per heavy atom. The molecule has 0 atom stereocenters. The number of nitrogens with two attached hydrogens (primary N) is 1. The molecule has 1 aromatic carbocycles. The highest BCUT2D eigenvalue weighted by molar-refractivity contribution is 8.00. The van der Waals surface area contributed by atoms with E-state index >= 15 is 0 Å². The molecular formula is C13H18F2N2S. The van der Waals surface area contributed by atoms with Crippen molar-refractivity contribution in [2.75, 3.05) is 23.9 Å². The Kier molecular flexibility index (Phi) is 4.00. The Hall–Kier alpha value is -0.970. The van der Waals surface area contributed by atoms with Crippen LogP contribution in [0.5, 0.6) is 0 Å². The molecule has 18 heavy (non-hydrogen) atoms. The first-order valence-electron chi connectivity index (χ1n) is 6.10. The van der Waals surface area contributed by atoms with Crippen LogP contribution < -0.4 is 11.1 Å². The van der Waals surface area contributed by atoms with Gasteiger partial charge >= 0.3 is 0 Å². The van der Waals surface area contributed by atoms with Gasteiger partial charge in [-0.2, -0.15) is 11.8 Å². The molecule has 0 aromatic heterocycles. The van der Waals surface area contributed by atoms with Gasteiger partial charge in [0.2, 0.25) is 0 Å². The van der Waals surface area contributed by atoms with Gasteiger partial charge in [-0.15, -0.1) is 0 Å². The van der Waals surface area contributed by atoms with Crippen molar-refractivity contribution < 1.29 is 8.78 Å². The van der Waals surface area contributed by atoms with Gasteiger partial charge in [0.25, 0.3) is 0 Å². The van der Waals surface area contributed by atoms with Crippen LogP contribution in [0.4, 0.5) is 20.2 Å². The van der Waals surface area contributed by atoms with E-state index in [9.17, 15) is 8.78 Å². The summed E-state index contributed by atoms with van der Waals surface area (Å²) in [5.41, 5.74) is 5.43. The van der Waals surface area contributed by atoms with Crippen molar-refractivity contribution in [3.63, 3.8) is 0 Å². The van der Waals surface area contributed by atoms with Gasteiger partial charge in [-0.25, -0.2) is 8.78 Å². The standard InChI is InChI=1S/C13H18F2N2S/c1-18-13(4-2-3-5-13)8-17-12-10(14)6-9(16)7-11(12)15/h6-7,17H,2-5,8,16H2,1H3. The number of halogens is 2. The smallest absolute Gasteiger partial charge is 0.151 e. The van der Waals surface area contributed by atoms with E-state index in [0.29, 0.717) is 6.54 Å². The lowest BCUT2D eigenvalue weighted by molar-refractivity contribution is 0.580. The van der Waals surface area contributed by atoms with Crippen LogP contribution in [0.2, 0.25) is 0 Å². The highest BCUT2D eigenvalue weighted by atomic mass is 32.2. The van der Waals surface area contributed by atoms with Crippen LogP contribution in [0, 0.1) is 11.6 Å². The number of hydrogen-bond donors (Lipinski definition) is 2. The first kappa shape index (κ1) is 13.5. The molecule has 0 spiro atoms. The van der Waals surface area contributed by atoms with Crippen LogP contribution in [0.3, 0.4) is 0 Å². The van der Waals surface area contributed by atoms with Gasteiger partial charge in [0.05, 0.1) is 0 Å². The van der Waals surface area contributed by atoms with E-state index in [4.69, 9.17) is 5.73 Å². The van der Waals surface area contributed by atoms with Crippen molar-refractivity contribution in [1.29, 1.82) is 0 Å². The molecule has 1 fully saturated rings. The maximum absolute atomic E-state index is 13.6. The lowest BCUT2D eigenvalue weighted by Gasteiger charge is -2.27. The van der Waals surface area contributed by atoms with Gasteiger partial charge in [-0.3, -0.25) is 0 Å². The zero-order chi connectivity index (χ0) is 13.2. The molecule has 3 N–H and O–H groups in total. The third-order valence-electron chi connectivity index (χ3n) is 3.60. The van der Waals surface area contributed by atoms with Gasteiger partial charge in [0.15, 0.2) is 11.6 Å². The summed E-state index contributed by atoms with van der Waals surface area (Å²) in [7, 11) is 0. The second kappa shape index (κ2) is 5.34. The van der Waals surface area contributed by atoms with Crippen molar-refractivity contribution in [3.8, 4) is 0 Å². The number of nitrogens with one attached hydrogen (secondary N) is 1. The fraction of sp³-hybridized carbons (Fsp3) is 0.538. The Labute approximate surface area is 110 Å². The summed E-state index contributed by atoms with van der Waals surface area (Å²) in [5.74, 6) is -1.25. The Bertz CT molecular complexity index is 408. The van der Waals surface area contributed by atoms with Crippen molar-refractivity contribution in [2.45, 2.75) is 30.4 Å². The first-order chi connectivity index (χ1) is 8.56. The SMILES string of the molecule is CSC1(CNc2c(F)cc(N)cc2F)CCCC1. The number of rotatable bonds is 4. The van der Waals surface area contributed by atoms with Gasteiger partial charge in [0.1, 0.15) is 5.69 Å². The lowest BCUT2D eigenvalue weighted by atomic mass is 10.1. The highest BCUT2D eigenvalue weighted by Gasteiger charge is 2.33. The van der Waals surface area contributed by atoms with Gasteiger partial charge in [-0.05, 0) is 31.2 Å². The highest BCUT2D eigenvalue weighted by Crippen LogP contribution is 2.40. The fourth-order valence-corrected chi connectivity index (χ4v) is 3.40. The average molecular weight is 272 g/mol. The second-order valence-electron chi connectivity index (χ2n) is 4.81. The molecule has 1 saturated carbocycles. The number of hydrogen-bond acceptors (Lipinski definition) is 3. The molecule has 1 aromatic rings. The van der Waals surface area contributed by atoms with Crippen molar-refractivity contribution in [1.82, 2.24) is 0 Å². The normalized spacial score (nSPS) is 17.9. The van der Waals surface area contributed by atoms with Gasteiger partial charge < -0.3 is 11.1 Å². The molecule has 0 amide bonds. The fourth-order valence-electron chi connectivity index (χ4n) is 2.48. The van der Waals surface area contributed by atoms with Crippen molar-refractivity contribution >= 4 is 23.1 Å². The Morgan fingerprint density at radius 2 is 1.83 bits per heavy atom. The number of benzene rings is 1. The zero-order valence-electron chi connectivity index (χ0n) is 10.4. The molecule has 0 radical (unpaired) electrons. The molecular weight excluding hydrogens is 254 g/mol. The molecule has 0 bridgehead atoms. The molecule has 100 valence electrons. The molecule has 0 saturated heterocycles. The molecule has 2 nitrogen and oxygen atoms in total. The monoisotopic (exact) mass is 272 g/mol. The van der Waals surface area contributed by atoms with Gasteiger partial charge in [-0.1, -0.05) is 12.8 Å². The average Bonchev–Trinajstić information content (AvgIpc) is 2.77. The van der Waals surface area contributed by atoms with E-state index in [1.54, 1.807) is 11.8 Å². The second-order valence-corrected chi connectivity index (χ2v) is 6.08. The van der Waals surface area contributed by atoms with E-state index in [0.717, 1.165) is 25.0 Å². The van der Waals surface area contributed by atoms with E-state index in [-0.39, 0.29) is 16.1 Å². The third kappa shape index (κ3) is 2.71. The molecule has 0 heterocycles. The Balaban J connectivity index is 2.10. The quantitative estimate of drug-likeness (QED) is 0.822. The largest absolute Gasteiger partial charge is 0.399 e. The molecule has 0 unspecified atom stereocenters. The summed E-state index contributed by atoms with van der Waals surface area (Å²) in [6.45, 7) is 0.589. The molecule has 0 aliphatic heterocycles. The molecule has 2 rings (SSSR count). The lowest BCUT2D eigenvalue weighted by Crippen LogP contribution is -2.30. The zero-order valence-corrected chi connectivity index (χ0v) is 11.2. The van der Waals surface area contributed by atoms with Crippen LogP contribution in [0.25, 0.3) is 0 Å². The summed E-state index contributed by atoms with van der Waals surface area (Å²) in [5, 5.41) is 2.92. The summed E-state index contributed by atoms with van der Waals surface area (Å²) in [6.07, 6.45) is 6.63. The number of anilines is 2. The van der Waals surface area contributed by atoms with Crippen LogP contribution in [0.1, 0.15) is 25.7 Å². The summed E-state index contributed by atoms with van der Waals surface area (Å²) >= 11 is 1.78. The maximum Gasteiger partial charge on any atom is 0.151 e. The van der Waals surface area contributed by atoms with Crippen molar-refractivity contribution in [2.24, 2.45) is 0 Å². The van der Waals surface area contributed by atoms with Crippen LogP contribution in [-0.4, -0.2) is 17.5 Å². The van der Waals surface area contributed by atoms with Gasteiger partial charge in [0, 0.05) is 17.0 Å². The summed E-state index contributed by atoms with van der Waals surface area (Å²) in [4.78, 5) is 0. The van der Waals surface area contributed by atoms with Crippen LogP contribution >= 0.6 is 11.8 Å². The van der Waals surface area contributed by atoms with E-state index in [2.05, 4.69) is 11.6 Å². The minimum atomic E-state index is -0.623. The first-order valence-corrected chi connectivity index (χ1v) is 7.32. The van der Waals surface area contributed by atoms with E-state index in [1.165, 1.54) is 12.8 Å². The van der Waals surface area contributed by atoms with E-state index < -0.39 is 11.6 Å². The third-order valence-corrected chi connectivity index (χ3v) is 5.02. The molecule has 5 heteroatoms. The van der Waals surface area contributed by atoms with Crippen molar-refractivity contribution in [3.05, 3.63) is 23.8 Å². The predicted octanol–water partition coefficient (Wildman–Crippen LogP) is 3.63. The molecule has 1 aliphatic carbocycles. The minimum absolute atomic E-state index is 0.0653. The minimum Gasteiger partial charge on any atom is -0.399 e. The summed E-state index contributed by atoms with van der Waals surface area (Å²) in [6, 6.07) is 2.29. The van der Waals surface area contributed by atoms with Crippen LogP contribution in [-0.2, 0) is 0 Å². The topological polar surface area (TPSA) is 38.0 Å². The van der Waals surface area contributed by atoms with Crippen LogP contribution in [0.15, 0.2) is 12.1 Å². The number of thioether (sulfide) groups is 1. The summed E-state index contributed by atoms with van der Waals surface area (Å²) < 4.78 is 27.4. The Morgan fingerprint density at radius 3 is 2.33 bits per heavy atom. The maximum atomic E-state index is 13.6. The number of nitrogen functional groups attached to an aromatic ring is 1. The van der Waals surface area contributed by atoms with E-state index in [1.807, 2.05) is 0 Å².